The van der Waals surface area contributed by atoms with Crippen molar-refractivity contribution in [3.63, 3.8) is 0 Å². The molecule has 7 nitrogen and oxygen atoms in total. The zero-order valence-corrected chi connectivity index (χ0v) is 12.2. The predicted molar refractivity (Wildman–Crippen MR) is 80.4 cm³/mol. The van der Waals surface area contributed by atoms with Crippen LogP contribution in [0, 0.1) is 6.92 Å². The van der Waals surface area contributed by atoms with E-state index in [0.717, 1.165) is 24.2 Å². The van der Waals surface area contributed by atoms with Crippen molar-refractivity contribution >= 4 is 11.9 Å². The van der Waals surface area contributed by atoms with Crippen LogP contribution in [0.2, 0.25) is 0 Å². The number of rotatable bonds is 3. The molecule has 2 aromatic heterocycles. The fourth-order valence-electron chi connectivity index (χ4n) is 2.20. The Bertz CT molecular complexity index is 627. The van der Waals surface area contributed by atoms with Crippen molar-refractivity contribution in [2.24, 2.45) is 0 Å². The fraction of sp³-hybridized carbons (Fsp3) is 0.429. The first kappa shape index (κ1) is 13.7. The number of hydrogen-bond acceptors (Lipinski definition) is 7. The molecule has 0 atom stereocenters. The summed E-state index contributed by atoms with van der Waals surface area (Å²) in [6, 6.07) is 1.95. The monoisotopic (exact) mass is 286 g/mol. The number of aromatic nitrogens is 4. The van der Waals surface area contributed by atoms with Gasteiger partial charge in [-0.1, -0.05) is 0 Å². The Hall–Kier alpha value is -2.28. The molecule has 110 valence electrons. The Kier molecular flexibility index (Phi) is 3.92. The van der Waals surface area contributed by atoms with Crippen molar-refractivity contribution in [3.8, 4) is 11.4 Å². The highest BCUT2D eigenvalue weighted by atomic mass is 16.5. The fourth-order valence-corrected chi connectivity index (χ4v) is 2.20. The van der Waals surface area contributed by atoms with Crippen LogP contribution >= 0.6 is 0 Å². The summed E-state index contributed by atoms with van der Waals surface area (Å²) in [7, 11) is 1.80. The Labute approximate surface area is 123 Å². The molecule has 0 unspecified atom stereocenters. The molecule has 1 saturated heterocycles. The van der Waals surface area contributed by atoms with Gasteiger partial charge in [0.05, 0.1) is 13.2 Å². The van der Waals surface area contributed by atoms with Crippen LogP contribution in [0.3, 0.4) is 0 Å². The summed E-state index contributed by atoms with van der Waals surface area (Å²) in [6.45, 7) is 5.00. The highest BCUT2D eigenvalue weighted by Crippen LogP contribution is 2.22. The van der Waals surface area contributed by atoms with Crippen LogP contribution in [-0.4, -0.2) is 53.3 Å². The van der Waals surface area contributed by atoms with Gasteiger partial charge >= 0.3 is 0 Å². The minimum Gasteiger partial charge on any atom is -0.378 e. The molecule has 0 aliphatic carbocycles. The molecular weight excluding hydrogens is 268 g/mol. The largest absolute Gasteiger partial charge is 0.378 e. The van der Waals surface area contributed by atoms with E-state index in [1.807, 2.05) is 13.0 Å². The number of pyridine rings is 1. The highest BCUT2D eigenvalue weighted by Gasteiger charge is 2.17. The first-order valence-electron chi connectivity index (χ1n) is 6.95. The zero-order chi connectivity index (χ0) is 14.7. The van der Waals surface area contributed by atoms with E-state index in [0.29, 0.717) is 30.9 Å². The molecular formula is C14H18N6O. The molecule has 3 rings (SSSR count). The molecule has 0 bridgehead atoms. The molecule has 0 spiro atoms. The second kappa shape index (κ2) is 6.01. The minimum absolute atomic E-state index is 0.560. The van der Waals surface area contributed by atoms with Crippen LogP contribution in [0.15, 0.2) is 18.5 Å². The summed E-state index contributed by atoms with van der Waals surface area (Å²) in [5.74, 6) is 1.88. The number of nitrogens with one attached hydrogen (secondary N) is 1. The molecule has 1 fully saturated rings. The third-order valence-electron chi connectivity index (χ3n) is 3.42. The summed E-state index contributed by atoms with van der Waals surface area (Å²) in [5, 5.41) is 3.00. The molecule has 0 amide bonds. The van der Waals surface area contributed by atoms with Gasteiger partial charge in [-0.05, 0) is 18.6 Å². The number of anilines is 2. The molecule has 1 aliphatic heterocycles. The van der Waals surface area contributed by atoms with Crippen molar-refractivity contribution in [2.75, 3.05) is 43.6 Å². The molecule has 21 heavy (non-hydrogen) atoms. The average molecular weight is 286 g/mol. The molecule has 0 aromatic carbocycles. The number of aryl methyl sites for hydroxylation is 1. The Morgan fingerprint density at radius 1 is 1.19 bits per heavy atom. The van der Waals surface area contributed by atoms with Gasteiger partial charge in [-0.25, -0.2) is 0 Å². The first-order valence-corrected chi connectivity index (χ1v) is 6.95. The van der Waals surface area contributed by atoms with Crippen molar-refractivity contribution < 1.29 is 4.74 Å². The van der Waals surface area contributed by atoms with E-state index in [1.54, 1.807) is 19.4 Å². The van der Waals surface area contributed by atoms with E-state index < -0.39 is 0 Å². The summed E-state index contributed by atoms with van der Waals surface area (Å²) < 4.78 is 5.37. The van der Waals surface area contributed by atoms with Gasteiger partial charge < -0.3 is 15.0 Å². The van der Waals surface area contributed by atoms with Crippen LogP contribution in [0.4, 0.5) is 11.9 Å². The molecule has 1 aliphatic rings. The lowest BCUT2D eigenvalue weighted by Gasteiger charge is -2.27. The van der Waals surface area contributed by atoms with E-state index in [-0.39, 0.29) is 0 Å². The van der Waals surface area contributed by atoms with Crippen molar-refractivity contribution in [2.45, 2.75) is 6.92 Å². The maximum absolute atomic E-state index is 5.37. The van der Waals surface area contributed by atoms with Gasteiger partial charge in [0.25, 0.3) is 0 Å². The van der Waals surface area contributed by atoms with E-state index in [2.05, 4.69) is 30.2 Å². The van der Waals surface area contributed by atoms with Gasteiger partial charge in [-0.15, -0.1) is 0 Å². The zero-order valence-electron chi connectivity index (χ0n) is 12.2. The molecule has 0 saturated carbocycles. The van der Waals surface area contributed by atoms with Crippen LogP contribution in [-0.2, 0) is 4.74 Å². The van der Waals surface area contributed by atoms with E-state index in [9.17, 15) is 0 Å². The summed E-state index contributed by atoms with van der Waals surface area (Å²) in [6.07, 6.45) is 3.55. The van der Waals surface area contributed by atoms with Crippen molar-refractivity contribution in [1.29, 1.82) is 0 Å². The lowest BCUT2D eigenvalue weighted by molar-refractivity contribution is 0.122. The number of morpholine rings is 1. The lowest BCUT2D eigenvalue weighted by atomic mass is 10.1. The summed E-state index contributed by atoms with van der Waals surface area (Å²) in [4.78, 5) is 19.8. The van der Waals surface area contributed by atoms with Gasteiger partial charge in [-0.3, -0.25) is 4.98 Å². The van der Waals surface area contributed by atoms with Gasteiger partial charge in [0.2, 0.25) is 11.9 Å². The highest BCUT2D eigenvalue weighted by molar-refractivity contribution is 5.61. The van der Waals surface area contributed by atoms with E-state index in [1.165, 1.54) is 0 Å². The minimum atomic E-state index is 0.560. The summed E-state index contributed by atoms with van der Waals surface area (Å²) in [5.41, 5.74) is 2.01. The average Bonchev–Trinajstić information content (AvgIpc) is 2.55. The SMILES string of the molecule is CNc1nc(-c2cnccc2C)nc(N2CCOCC2)n1. The maximum atomic E-state index is 5.37. The Morgan fingerprint density at radius 2 is 2.00 bits per heavy atom. The molecule has 3 heterocycles. The number of nitrogens with zero attached hydrogens (tertiary/aromatic N) is 5. The van der Waals surface area contributed by atoms with Gasteiger partial charge in [0, 0.05) is 38.1 Å². The first-order chi connectivity index (χ1) is 10.3. The van der Waals surface area contributed by atoms with Gasteiger partial charge in [0.1, 0.15) is 0 Å². The van der Waals surface area contributed by atoms with Crippen molar-refractivity contribution in [3.05, 3.63) is 24.0 Å². The quantitative estimate of drug-likeness (QED) is 0.906. The summed E-state index contributed by atoms with van der Waals surface area (Å²) >= 11 is 0. The molecule has 7 heteroatoms. The van der Waals surface area contributed by atoms with Crippen LogP contribution < -0.4 is 10.2 Å². The topological polar surface area (TPSA) is 76.1 Å². The predicted octanol–water partition coefficient (Wildman–Crippen LogP) is 1.12. The second-order valence-corrected chi connectivity index (χ2v) is 4.82. The standard InChI is InChI=1S/C14H18N6O/c1-10-3-4-16-9-11(10)12-17-13(15-2)19-14(18-12)20-5-7-21-8-6-20/h3-4,9H,5-8H2,1-2H3,(H,15,17,18,19). The maximum Gasteiger partial charge on any atom is 0.230 e. The van der Waals surface area contributed by atoms with Crippen molar-refractivity contribution in [1.82, 2.24) is 19.9 Å². The van der Waals surface area contributed by atoms with Crippen LogP contribution in [0.1, 0.15) is 5.56 Å². The number of ether oxygens (including phenoxy) is 1. The second-order valence-electron chi connectivity index (χ2n) is 4.82. The third-order valence-corrected chi connectivity index (χ3v) is 3.42. The van der Waals surface area contributed by atoms with Crippen LogP contribution in [0.5, 0.6) is 0 Å². The lowest BCUT2D eigenvalue weighted by Crippen LogP contribution is -2.37. The van der Waals surface area contributed by atoms with E-state index >= 15 is 0 Å². The Morgan fingerprint density at radius 3 is 2.71 bits per heavy atom. The number of hydrogen-bond donors (Lipinski definition) is 1. The molecule has 2 aromatic rings. The smallest absolute Gasteiger partial charge is 0.230 e. The molecule has 1 N–H and O–H groups in total. The van der Waals surface area contributed by atoms with Gasteiger partial charge in [0.15, 0.2) is 5.82 Å². The third kappa shape index (κ3) is 2.92. The van der Waals surface area contributed by atoms with Gasteiger partial charge in [-0.2, -0.15) is 15.0 Å². The van der Waals surface area contributed by atoms with Crippen LogP contribution in [0.25, 0.3) is 11.4 Å². The Balaban J connectivity index is 2.02. The molecule has 0 radical (unpaired) electrons. The van der Waals surface area contributed by atoms with E-state index in [4.69, 9.17) is 4.74 Å². The normalized spacial score (nSPS) is 15.0.